The molecule has 0 bridgehead atoms. The Balaban J connectivity index is 1.77. The van der Waals surface area contributed by atoms with Crippen molar-refractivity contribution in [1.82, 2.24) is 20.5 Å². The Morgan fingerprint density at radius 1 is 1.26 bits per heavy atom. The lowest BCUT2D eigenvalue weighted by Crippen LogP contribution is -2.27. The molecule has 0 radical (unpaired) electrons. The van der Waals surface area contributed by atoms with Crippen molar-refractivity contribution < 1.29 is 9.53 Å². The van der Waals surface area contributed by atoms with Crippen LogP contribution in [0.3, 0.4) is 0 Å². The van der Waals surface area contributed by atoms with Crippen molar-refractivity contribution in [2.75, 3.05) is 12.3 Å². The molecule has 1 aliphatic heterocycles. The molecule has 7 nitrogen and oxygen atoms in total. The molecule has 3 aromatic rings. The quantitative estimate of drug-likeness (QED) is 0.679. The van der Waals surface area contributed by atoms with Crippen LogP contribution < -0.4 is 15.8 Å². The molecular weight excluding hydrogens is 294 g/mol. The number of aromatic amines is 1. The van der Waals surface area contributed by atoms with Gasteiger partial charge in [-0.05, 0) is 18.2 Å². The zero-order valence-electron chi connectivity index (χ0n) is 12.2. The maximum Gasteiger partial charge on any atom is 0.261 e. The number of H-pyrrole nitrogens is 1. The van der Waals surface area contributed by atoms with Gasteiger partial charge in [0.2, 0.25) is 0 Å². The van der Waals surface area contributed by atoms with Gasteiger partial charge >= 0.3 is 0 Å². The average molecular weight is 309 g/mol. The number of carbonyl (C=O) groups excluding carboxylic acids is 1. The standard InChI is InChI=1S/C16H15N5O2/c17-15-8-14(23-13-4-5-18-16(13)22)10-2-1-9(7-12(10)20-15)11-3-6-19-21-11/h1-3,6-8,13H,4-5H2,(H2,17,20)(H,18,22)(H,19,21)/t13-/m0/s1. The van der Waals surface area contributed by atoms with Crippen molar-refractivity contribution in [1.29, 1.82) is 0 Å². The van der Waals surface area contributed by atoms with E-state index < -0.39 is 6.10 Å². The van der Waals surface area contributed by atoms with E-state index in [1.807, 2.05) is 24.3 Å². The van der Waals surface area contributed by atoms with E-state index in [0.29, 0.717) is 30.0 Å². The zero-order chi connectivity index (χ0) is 15.8. The van der Waals surface area contributed by atoms with Gasteiger partial charge in [0.1, 0.15) is 11.6 Å². The van der Waals surface area contributed by atoms with Crippen molar-refractivity contribution in [3.63, 3.8) is 0 Å². The topological polar surface area (TPSA) is 106 Å². The van der Waals surface area contributed by atoms with E-state index in [2.05, 4.69) is 20.5 Å². The first kappa shape index (κ1) is 13.6. The molecule has 0 aliphatic carbocycles. The fraction of sp³-hybridized carbons (Fsp3) is 0.188. The summed E-state index contributed by atoms with van der Waals surface area (Å²) < 4.78 is 5.86. The number of nitrogens with one attached hydrogen (secondary N) is 2. The van der Waals surface area contributed by atoms with E-state index in [4.69, 9.17) is 10.5 Å². The average Bonchev–Trinajstić information content (AvgIpc) is 3.19. The van der Waals surface area contributed by atoms with E-state index in [-0.39, 0.29) is 5.91 Å². The van der Waals surface area contributed by atoms with E-state index in [9.17, 15) is 4.79 Å². The molecule has 7 heteroatoms. The molecule has 1 fully saturated rings. The Labute approximate surface area is 131 Å². The first-order valence-corrected chi connectivity index (χ1v) is 7.35. The number of pyridine rings is 1. The molecule has 4 N–H and O–H groups in total. The molecule has 23 heavy (non-hydrogen) atoms. The van der Waals surface area contributed by atoms with Gasteiger partial charge in [-0.15, -0.1) is 0 Å². The number of nitrogen functional groups attached to an aromatic ring is 1. The van der Waals surface area contributed by atoms with Crippen LogP contribution in [-0.2, 0) is 4.79 Å². The SMILES string of the molecule is Nc1cc(O[C@H]2CCNC2=O)c2ccc(-c3ccn[nH]3)cc2n1. The van der Waals surface area contributed by atoms with Crippen LogP contribution in [0.4, 0.5) is 5.82 Å². The van der Waals surface area contributed by atoms with Crippen LogP contribution in [0, 0.1) is 0 Å². The number of rotatable bonds is 3. The van der Waals surface area contributed by atoms with E-state index >= 15 is 0 Å². The van der Waals surface area contributed by atoms with Gasteiger partial charge in [-0.25, -0.2) is 4.98 Å². The predicted octanol–water partition coefficient (Wildman–Crippen LogP) is 1.47. The van der Waals surface area contributed by atoms with E-state index in [1.165, 1.54) is 0 Å². The molecule has 0 unspecified atom stereocenters. The number of hydrogen-bond acceptors (Lipinski definition) is 5. The number of ether oxygens (including phenoxy) is 1. The minimum Gasteiger partial charge on any atom is -0.480 e. The second-order valence-electron chi connectivity index (χ2n) is 5.43. The molecule has 4 rings (SSSR count). The van der Waals surface area contributed by atoms with Gasteiger partial charge in [0.15, 0.2) is 6.10 Å². The van der Waals surface area contributed by atoms with Crippen molar-refractivity contribution in [2.24, 2.45) is 0 Å². The molecule has 1 aliphatic rings. The van der Waals surface area contributed by atoms with Crippen molar-refractivity contribution in [2.45, 2.75) is 12.5 Å². The first-order valence-electron chi connectivity index (χ1n) is 7.35. The fourth-order valence-electron chi connectivity index (χ4n) is 2.73. The second-order valence-corrected chi connectivity index (χ2v) is 5.43. The Morgan fingerprint density at radius 3 is 2.91 bits per heavy atom. The number of anilines is 1. The third-order valence-electron chi connectivity index (χ3n) is 3.87. The summed E-state index contributed by atoms with van der Waals surface area (Å²) in [5, 5.41) is 10.4. The van der Waals surface area contributed by atoms with Crippen molar-refractivity contribution >= 4 is 22.6 Å². The summed E-state index contributed by atoms with van der Waals surface area (Å²) in [6.45, 7) is 0.631. The highest BCUT2D eigenvalue weighted by Crippen LogP contribution is 2.31. The normalized spacial score (nSPS) is 17.4. The minimum absolute atomic E-state index is 0.0948. The highest BCUT2D eigenvalue weighted by atomic mass is 16.5. The van der Waals surface area contributed by atoms with Crippen LogP contribution in [-0.4, -0.2) is 33.7 Å². The second kappa shape index (κ2) is 5.28. The molecule has 1 atom stereocenters. The fourth-order valence-corrected chi connectivity index (χ4v) is 2.73. The van der Waals surface area contributed by atoms with Crippen LogP contribution >= 0.6 is 0 Å². The number of fused-ring (bicyclic) bond motifs is 1. The predicted molar refractivity (Wildman–Crippen MR) is 85.8 cm³/mol. The molecule has 1 saturated heterocycles. The molecule has 3 heterocycles. The highest BCUT2D eigenvalue weighted by Gasteiger charge is 2.26. The molecule has 1 aromatic carbocycles. The van der Waals surface area contributed by atoms with Crippen LogP contribution in [0.25, 0.3) is 22.2 Å². The van der Waals surface area contributed by atoms with Gasteiger partial charge in [-0.3, -0.25) is 9.89 Å². The molecule has 2 aromatic heterocycles. The van der Waals surface area contributed by atoms with Gasteiger partial charge < -0.3 is 15.8 Å². The maximum absolute atomic E-state index is 11.7. The Hall–Kier alpha value is -3.09. The largest absolute Gasteiger partial charge is 0.480 e. The van der Waals surface area contributed by atoms with Gasteiger partial charge in [0.25, 0.3) is 5.91 Å². The van der Waals surface area contributed by atoms with Crippen molar-refractivity contribution in [3.05, 3.63) is 36.5 Å². The van der Waals surface area contributed by atoms with E-state index in [0.717, 1.165) is 16.6 Å². The van der Waals surface area contributed by atoms with Crippen LogP contribution in [0.15, 0.2) is 36.5 Å². The smallest absolute Gasteiger partial charge is 0.261 e. The van der Waals surface area contributed by atoms with E-state index in [1.54, 1.807) is 12.3 Å². The molecular formula is C16H15N5O2. The third-order valence-corrected chi connectivity index (χ3v) is 3.87. The van der Waals surface area contributed by atoms with Crippen molar-refractivity contribution in [3.8, 4) is 17.0 Å². The van der Waals surface area contributed by atoms with Crippen LogP contribution in [0.2, 0.25) is 0 Å². The minimum atomic E-state index is -0.479. The molecule has 0 saturated carbocycles. The molecule has 0 spiro atoms. The Kier molecular flexibility index (Phi) is 3.11. The lowest BCUT2D eigenvalue weighted by Gasteiger charge is -2.14. The van der Waals surface area contributed by atoms with Gasteiger partial charge in [-0.1, -0.05) is 6.07 Å². The summed E-state index contributed by atoms with van der Waals surface area (Å²) in [5.74, 6) is 0.834. The summed E-state index contributed by atoms with van der Waals surface area (Å²) in [6.07, 6.45) is 1.86. The number of nitrogens with two attached hydrogens (primary N) is 1. The van der Waals surface area contributed by atoms with Gasteiger partial charge in [-0.2, -0.15) is 5.10 Å². The highest BCUT2D eigenvalue weighted by molar-refractivity contribution is 5.91. The lowest BCUT2D eigenvalue weighted by molar-refractivity contribution is -0.124. The lowest BCUT2D eigenvalue weighted by atomic mass is 10.1. The number of amides is 1. The van der Waals surface area contributed by atoms with Crippen LogP contribution in [0.1, 0.15) is 6.42 Å². The van der Waals surface area contributed by atoms with Crippen LogP contribution in [0.5, 0.6) is 5.75 Å². The molecule has 116 valence electrons. The summed E-state index contributed by atoms with van der Waals surface area (Å²) in [7, 11) is 0. The Morgan fingerprint density at radius 2 is 2.17 bits per heavy atom. The maximum atomic E-state index is 11.7. The zero-order valence-corrected chi connectivity index (χ0v) is 12.2. The van der Waals surface area contributed by atoms with Gasteiger partial charge in [0, 0.05) is 36.2 Å². The summed E-state index contributed by atoms with van der Waals surface area (Å²) in [5.41, 5.74) is 8.46. The monoisotopic (exact) mass is 309 g/mol. The number of benzene rings is 1. The van der Waals surface area contributed by atoms with Gasteiger partial charge in [0.05, 0.1) is 11.2 Å². The third kappa shape index (κ3) is 2.46. The first-order chi connectivity index (χ1) is 11.2. The molecule has 1 amide bonds. The summed E-state index contributed by atoms with van der Waals surface area (Å²) >= 11 is 0. The number of nitrogens with zero attached hydrogens (tertiary/aromatic N) is 2. The number of hydrogen-bond donors (Lipinski definition) is 3. The Bertz CT molecular complexity index is 876. The number of carbonyl (C=O) groups is 1. The summed E-state index contributed by atoms with van der Waals surface area (Å²) in [4.78, 5) is 16.1. The number of aromatic nitrogens is 3. The summed E-state index contributed by atoms with van der Waals surface area (Å²) in [6, 6.07) is 9.33.